The molecule has 0 radical (unpaired) electrons. The van der Waals surface area contributed by atoms with Crippen molar-refractivity contribution in [2.45, 2.75) is 23.3 Å². The minimum atomic E-state index is -3.39. The summed E-state index contributed by atoms with van der Waals surface area (Å²) in [5, 5.41) is 0. The zero-order valence-corrected chi connectivity index (χ0v) is 11.5. The second-order valence-electron chi connectivity index (χ2n) is 4.63. The zero-order valence-electron chi connectivity index (χ0n) is 10.7. The highest BCUT2D eigenvalue weighted by molar-refractivity contribution is 7.90. The minimum Gasteiger partial charge on any atom is -0.497 e. The highest BCUT2D eigenvalue weighted by atomic mass is 32.2. The van der Waals surface area contributed by atoms with Crippen LogP contribution in [0.5, 0.6) is 11.5 Å². The van der Waals surface area contributed by atoms with E-state index in [2.05, 4.69) is 0 Å². The Balaban J connectivity index is 2.73. The summed E-state index contributed by atoms with van der Waals surface area (Å²) in [6.07, 6.45) is 2.78. The van der Waals surface area contributed by atoms with Gasteiger partial charge in [-0.1, -0.05) is 0 Å². The molecule has 0 heterocycles. The summed E-state index contributed by atoms with van der Waals surface area (Å²) in [6.45, 7) is 0. The molecule has 1 aromatic rings. The molecule has 1 fully saturated rings. The summed E-state index contributed by atoms with van der Waals surface area (Å²) < 4.78 is 34.0. The largest absolute Gasteiger partial charge is 0.497 e. The molecule has 0 saturated heterocycles. The van der Waals surface area contributed by atoms with Gasteiger partial charge in [-0.3, -0.25) is 0 Å². The van der Waals surface area contributed by atoms with Gasteiger partial charge in [0.05, 0.1) is 14.2 Å². The van der Waals surface area contributed by atoms with Crippen molar-refractivity contribution >= 4 is 9.84 Å². The minimum absolute atomic E-state index is 0.121. The van der Waals surface area contributed by atoms with E-state index < -0.39 is 15.4 Å². The molecule has 1 aromatic carbocycles. The van der Waals surface area contributed by atoms with E-state index in [1.54, 1.807) is 6.07 Å². The van der Waals surface area contributed by atoms with E-state index in [4.69, 9.17) is 15.2 Å². The van der Waals surface area contributed by atoms with E-state index in [1.165, 1.54) is 20.3 Å². The lowest BCUT2D eigenvalue weighted by molar-refractivity contribution is 0.382. The molecule has 0 atom stereocenters. The number of hydrogen-bond donors (Lipinski definition) is 1. The third-order valence-corrected chi connectivity index (χ3v) is 4.29. The predicted octanol–water partition coefficient (Wildman–Crippen LogP) is 1.06. The predicted molar refractivity (Wildman–Crippen MR) is 67.8 cm³/mol. The topological polar surface area (TPSA) is 78.6 Å². The van der Waals surface area contributed by atoms with Gasteiger partial charge in [-0.15, -0.1) is 0 Å². The molecule has 0 aliphatic heterocycles. The Kier molecular flexibility index (Phi) is 3.03. The van der Waals surface area contributed by atoms with Gasteiger partial charge in [-0.25, -0.2) is 8.42 Å². The fourth-order valence-electron chi connectivity index (χ4n) is 1.95. The van der Waals surface area contributed by atoms with E-state index in [9.17, 15) is 8.42 Å². The average Bonchev–Trinajstić information content (AvgIpc) is 3.05. The molecule has 1 saturated carbocycles. The Labute approximate surface area is 107 Å². The Morgan fingerprint density at radius 2 is 1.83 bits per heavy atom. The second-order valence-corrected chi connectivity index (χ2v) is 6.62. The van der Waals surface area contributed by atoms with Crippen LogP contribution in [0, 0.1) is 0 Å². The van der Waals surface area contributed by atoms with Crippen LogP contribution >= 0.6 is 0 Å². The van der Waals surface area contributed by atoms with Crippen molar-refractivity contribution < 1.29 is 17.9 Å². The maximum Gasteiger partial charge on any atom is 0.179 e. The molecule has 0 amide bonds. The van der Waals surface area contributed by atoms with E-state index in [0.29, 0.717) is 17.1 Å². The van der Waals surface area contributed by atoms with Gasteiger partial charge < -0.3 is 15.2 Å². The Hall–Kier alpha value is -1.27. The van der Waals surface area contributed by atoms with Crippen molar-refractivity contribution in [3.63, 3.8) is 0 Å². The normalized spacial score (nSPS) is 17.3. The molecule has 1 aliphatic carbocycles. The van der Waals surface area contributed by atoms with Crippen molar-refractivity contribution in [2.75, 3.05) is 20.5 Å². The first-order valence-corrected chi connectivity index (χ1v) is 7.46. The summed E-state index contributed by atoms with van der Waals surface area (Å²) in [5.74, 6) is 0.807. The van der Waals surface area contributed by atoms with Gasteiger partial charge in [-0.2, -0.15) is 0 Å². The third-order valence-electron chi connectivity index (χ3n) is 3.19. The van der Waals surface area contributed by atoms with Crippen LogP contribution in [0.1, 0.15) is 18.4 Å². The first-order chi connectivity index (χ1) is 8.31. The van der Waals surface area contributed by atoms with Crippen molar-refractivity contribution in [3.05, 3.63) is 17.7 Å². The first kappa shape index (κ1) is 13.2. The average molecular weight is 271 g/mol. The lowest BCUT2D eigenvalue weighted by Crippen LogP contribution is -2.21. The summed E-state index contributed by atoms with van der Waals surface area (Å²) in [4.78, 5) is 0.121. The standard InChI is InChI=1S/C12H17NO4S/c1-16-8-6-9(12(13)4-5-12)11(17-2)10(7-8)18(3,14)15/h6-7H,4-5,13H2,1-3H3. The summed E-state index contributed by atoms with van der Waals surface area (Å²) >= 11 is 0. The molecule has 100 valence electrons. The van der Waals surface area contributed by atoms with Crippen LogP contribution < -0.4 is 15.2 Å². The molecule has 0 unspecified atom stereocenters. The maximum absolute atomic E-state index is 11.8. The van der Waals surface area contributed by atoms with Crippen molar-refractivity contribution in [3.8, 4) is 11.5 Å². The molecular formula is C12H17NO4S. The number of methoxy groups -OCH3 is 2. The quantitative estimate of drug-likeness (QED) is 0.885. The van der Waals surface area contributed by atoms with Crippen molar-refractivity contribution in [2.24, 2.45) is 5.73 Å². The molecule has 5 nitrogen and oxygen atoms in total. The van der Waals surface area contributed by atoms with Gasteiger partial charge in [0, 0.05) is 23.4 Å². The van der Waals surface area contributed by atoms with Gasteiger partial charge in [0.2, 0.25) is 0 Å². The van der Waals surface area contributed by atoms with Crippen LogP contribution in [-0.4, -0.2) is 28.9 Å². The molecule has 0 aromatic heterocycles. The van der Waals surface area contributed by atoms with Crippen molar-refractivity contribution in [1.82, 2.24) is 0 Å². The van der Waals surface area contributed by atoms with Crippen LogP contribution in [0.15, 0.2) is 17.0 Å². The zero-order chi connectivity index (χ0) is 13.6. The van der Waals surface area contributed by atoms with Crippen LogP contribution in [0.4, 0.5) is 0 Å². The number of nitrogens with two attached hydrogens (primary N) is 1. The fourth-order valence-corrected chi connectivity index (χ4v) is 2.81. The lowest BCUT2D eigenvalue weighted by atomic mass is 10.0. The van der Waals surface area contributed by atoms with Crippen LogP contribution in [0.2, 0.25) is 0 Å². The molecule has 1 aliphatic rings. The number of sulfone groups is 1. The molecule has 0 spiro atoms. The highest BCUT2D eigenvalue weighted by Gasteiger charge is 2.43. The van der Waals surface area contributed by atoms with E-state index in [1.807, 2.05) is 0 Å². The monoisotopic (exact) mass is 271 g/mol. The maximum atomic E-state index is 11.8. The van der Waals surface area contributed by atoms with Gasteiger partial charge in [-0.05, 0) is 18.9 Å². The lowest BCUT2D eigenvalue weighted by Gasteiger charge is -2.18. The van der Waals surface area contributed by atoms with Gasteiger partial charge in [0.25, 0.3) is 0 Å². The number of rotatable bonds is 4. The van der Waals surface area contributed by atoms with Crippen LogP contribution in [0.25, 0.3) is 0 Å². The molecule has 6 heteroatoms. The molecular weight excluding hydrogens is 254 g/mol. The van der Waals surface area contributed by atoms with Crippen LogP contribution in [-0.2, 0) is 15.4 Å². The van der Waals surface area contributed by atoms with E-state index in [-0.39, 0.29) is 4.90 Å². The summed E-state index contributed by atoms with van der Waals surface area (Å²) in [7, 11) is -0.450. The van der Waals surface area contributed by atoms with E-state index in [0.717, 1.165) is 19.1 Å². The van der Waals surface area contributed by atoms with Gasteiger partial charge in [0.1, 0.15) is 16.4 Å². The van der Waals surface area contributed by atoms with Gasteiger partial charge >= 0.3 is 0 Å². The number of benzene rings is 1. The third kappa shape index (κ3) is 2.18. The van der Waals surface area contributed by atoms with E-state index >= 15 is 0 Å². The molecule has 2 rings (SSSR count). The Morgan fingerprint density at radius 3 is 2.22 bits per heavy atom. The number of ether oxygens (including phenoxy) is 2. The first-order valence-electron chi connectivity index (χ1n) is 5.57. The fraction of sp³-hybridized carbons (Fsp3) is 0.500. The highest BCUT2D eigenvalue weighted by Crippen LogP contribution is 2.49. The van der Waals surface area contributed by atoms with Crippen LogP contribution in [0.3, 0.4) is 0 Å². The Morgan fingerprint density at radius 1 is 1.22 bits per heavy atom. The summed E-state index contributed by atoms with van der Waals surface area (Å²) in [6, 6.07) is 3.21. The smallest absolute Gasteiger partial charge is 0.179 e. The van der Waals surface area contributed by atoms with Crippen molar-refractivity contribution in [1.29, 1.82) is 0 Å². The number of hydrogen-bond acceptors (Lipinski definition) is 5. The molecule has 0 bridgehead atoms. The summed E-state index contributed by atoms with van der Waals surface area (Å²) in [5.41, 5.74) is 6.36. The molecule has 18 heavy (non-hydrogen) atoms. The van der Waals surface area contributed by atoms with Gasteiger partial charge in [0.15, 0.2) is 9.84 Å². The molecule has 2 N–H and O–H groups in total. The second kappa shape index (κ2) is 4.13. The SMILES string of the molecule is COc1cc(C2(N)CC2)c(OC)c(S(C)(=O)=O)c1. The Bertz CT molecular complexity index is 576.